The molecule has 1 aromatic carbocycles. The van der Waals surface area contributed by atoms with Crippen molar-refractivity contribution in [2.45, 2.75) is 59.4 Å². The predicted molar refractivity (Wildman–Crippen MR) is 118 cm³/mol. The van der Waals surface area contributed by atoms with Crippen LogP contribution in [0, 0.1) is 5.92 Å². The maximum absolute atomic E-state index is 12.7. The number of hydrogen-bond donors (Lipinski definition) is 3. The number of amides is 1. The van der Waals surface area contributed by atoms with Crippen molar-refractivity contribution in [2.24, 2.45) is 5.92 Å². The Morgan fingerprint density at radius 3 is 2.14 bits per heavy atom. The standard InChI is InChI=1S/C21H33N3O4S/c1-5-26-17-12-15(13-18(27-6-2)19(17)28-7-3)20(25)23-24-21(29)22-16-11-9-8-10-14(16)4/h12-14,16H,5-11H2,1-4H3,(H,23,25)(H2,22,24,29)/t14-,16+/m1/s1. The molecule has 1 aliphatic rings. The minimum atomic E-state index is -0.337. The van der Waals surface area contributed by atoms with E-state index in [0.717, 1.165) is 6.42 Å². The van der Waals surface area contributed by atoms with E-state index >= 15 is 0 Å². The molecule has 0 radical (unpaired) electrons. The van der Waals surface area contributed by atoms with Crippen LogP contribution in [0.15, 0.2) is 12.1 Å². The second kappa shape index (κ2) is 11.7. The molecule has 0 saturated heterocycles. The molecule has 2 atom stereocenters. The second-order valence-corrected chi connectivity index (χ2v) is 7.43. The van der Waals surface area contributed by atoms with E-state index in [1.807, 2.05) is 20.8 Å². The molecule has 1 saturated carbocycles. The van der Waals surface area contributed by atoms with Gasteiger partial charge in [0.1, 0.15) is 0 Å². The molecule has 29 heavy (non-hydrogen) atoms. The Bertz CT molecular complexity index is 671. The van der Waals surface area contributed by atoms with Gasteiger partial charge in [0.25, 0.3) is 5.91 Å². The lowest BCUT2D eigenvalue weighted by atomic mass is 9.86. The number of ether oxygens (including phenoxy) is 3. The first-order valence-corrected chi connectivity index (χ1v) is 10.8. The Labute approximate surface area is 178 Å². The SMILES string of the molecule is CCOc1cc(C(=O)NNC(=S)N[C@H]2CCCC[C@H]2C)cc(OCC)c1OCC. The number of hydrazine groups is 1. The zero-order valence-corrected chi connectivity index (χ0v) is 18.6. The Morgan fingerprint density at radius 2 is 1.59 bits per heavy atom. The monoisotopic (exact) mass is 423 g/mol. The number of thiocarbonyl (C=S) groups is 1. The van der Waals surface area contributed by atoms with Gasteiger partial charge in [-0.25, -0.2) is 0 Å². The second-order valence-electron chi connectivity index (χ2n) is 7.02. The zero-order chi connectivity index (χ0) is 21.2. The molecule has 0 aliphatic heterocycles. The zero-order valence-electron chi connectivity index (χ0n) is 17.8. The Hall–Kier alpha value is -2.22. The van der Waals surface area contributed by atoms with Gasteiger partial charge in [0, 0.05) is 11.6 Å². The summed E-state index contributed by atoms with van der Waals surface area (Å²) in [6.07, 6.45) is 4.74. The van der Waals surface area contributed by atoms with Crippen LogP contribution in [0.1, 0.15) is 63.7 Å². The fourth-order valence-corrected chi connectivity index (χ4v) is 3.64. The molecule has 3 N–H and O–H groups in total. The van der Waals surface area contributed by atoms with Crippen molar-refractivity contribution >= 4 is 23.2 Å². The van der Waals surface area contributed by atoms with Gasteiger partial charge in [0.05, 0.1) is 19.8 Å². The molecule has 0 bridgehead atoms. The number of rotatable bonds is 8. The summed E-state index contributed by atoms with van der Waals surface area (Å²) in [6, 6.07) is 3.63. The summed E-state index contributed by atoms with van der Waals surface area (Å²) < 4.78 is 17.0. The van der Waals surface area contributed by atoms with Crippen LogP contribution in [0.5, 0.6) is 17.2 Å². The van der Waals surface area contributed by atoms with E-state index in [2.05, 4.69) is 23.1 Å². The Kier molecular flexibility index (Phi) is 9.31. The minimum absolute atomic E-state index is 0.334. The molecule has 0 unspecified atom stereocenters. The van der Waals surface area contributed by atoms with Gasteiger partial charge in [-0.05, 0) is 63.9 Å². The first-order valence-electron chi connectivity index (χ1n) is 10.4. The van der Waals surface area contributed by atoms with Gasteiger partial charge >= 0.3 is 0 Å². The average Bonchev–Trinajstić information content (AvgIpc) is 2.70. The molecular formula is C21H33N3O4S. The summed E-state index contributed by atoms with van der Waals surface area (Å²) >= 11 is 5.34. The van der Waals surface area contributed by atoms with Crippen LogP contribution in [0.2, 0.25) is 0 Å². The number of hydrogen-bond acceptors (Lipinski definition) is 5. The third kappa shape index (κ3) is 6.66. The Morgan fingerprint density at radius 1 is 1.00 bits per heavy atom. The number of benzene rings is 1. The Balaban J connectivity index is 2.05. The van der Waals surface area contributed by atoms with Crippen LogP contribution in [-0.2, 0) is 0 Å². The average molecular weight is 424 g/mol. The first kappa shape index (κ1) is 23.1. The normalized spacial score (nSPS) is 18.5. The molecular weight excluding hydrogens is 390 g/mol. The van der Waals surface area contributed by atoms with Gasteiger partial charge in [0.2, 0.25) is 5.75 Å². The summed E-state index contributed by atoms with van der Waals surface area (Å²) in [5.74, 6) is 1.68. The summed E-state index contributed by atoms with van der Waals surface area (Å²) in [5.41, 5.74) is 5.84. The van der Waals surface area contributed by atoms with Crippen LogP contribution in [-0.4, -0.2) is 36.9 Å². The van der Waals surface area contributed by atoms with Gasteiger partial charge in [0.15, 0.2) is 16.6 Å². The van der Waals surface area contributed by atoms with E-state index in [4.69, 9.17) is 26.4 Å². The number of carbonyl (C=O) groups is 1. The van der Waals surface area contributed by atoms with E-state index in [0.29, 0.717) is 59.7 Å². The third-order valence-corrected chi connectivity index (χ3v) is 5.11. The van der Waals surface area contributed by atoms with Crippen molar-refractivity contribution in [3.8, 4) is 17.2 Å². The molecule has 8 heteroatoms. The fourth-order valence-electron chi connectivity index (χ4n) is 3.44. The molecule has 1 amide bonds. The number of carbonyl (C=O) groups excluding carboxylic acids is 1. The van der Waals surface area contributed by atoms with Gasteiger partial charge < -0.3 is 19.5 Å². The van der Waals surface area contributed by atoms with Gasteiger partial charge in [-0.1, -0.05) is 19.8 Å². The highest BCUT2D eigenvalue weighted by Gasteiger charge is 2.22. The third-order valence-electron chi connectivity index (χ3n) is 4.89. The molecule has 1 aromatic rings. The molecule has 162 valence electrons. The van der Waals surface area contributed by atoms with Crippen LogP contribution in [0.3, 0.4) is 0 Å². The van der Waals surface area contributed by atoms with Gasteiger partial charge in [-0.15, -0.1) is 0 Å². The number of nitrogens with one attached hydrogen (secondary N) is 3. The van der Waals surface area contributed by atoms with E-state index < -0.39 is 0 Å². The van der Waals surface area contributed by atoms with Crippen molar-refractivity contribution < 1.29 is 19.0 Å². The van der Waals surface area contributed by atoms with Crippen LogP contribution in [0.4, 0.5) is 0 Å². The van der Waals surface area contributed by atoms with Crippen LogP contribution >= 0.6 is 12.2 Å². The van der Waals surface area contributed by atoms with Crippen molar-refractivity contribution in [2.75, 3.05) is 19.8 Å². The maximum atomic E-state index is 12.7. The van der Waals surface area contributed by atoms with Crippen LogP contribution < -0.4 is 30.4 Å². The summed E-state index contributed by atoms with van der Waals surface area (Å²) in [6.45, 7) is 9.22. The highest BCUT2D eigenvalue weighted by Crippen LogP contribution is 2.39. The molecule has 0 aromatic heterocycles. The van der Waals surface area contributed by atoms with E-state index in [9.17, 15) is 4.79 Å². The largest absolute Gasteiger partial charge is 0.490 e. The molecule has 2 rings (SSSR count). The topological polar surface area (TPSA) is 80.9 Å². The molecule has 7 nitrogen and oxygen atoms in total. The summed E-state index contributed by atoms with van der Waals surface area (Å²) in [5, 5.41) is 3.72. The lowest BCUT2D eigenvalue weighted by molar-refractivity contribution is 0.0942. The molecule has 0 spiro atoms. The molecule has 1 fully saturated rings. The predicted octanol–water partition coefficient (Wildman–Crippen LogP) is 3.57. The minimum Gasteiger partial charge on any atom is -0.490 e. The van der Waals surface area contributed by atoms with E-state index in [1.54, 1.807) is 12.1 Å². The lowest BCUT2D eigenvalue weighted by Gasteiger charge is -2.30. The maximum Gasteiger partial charge on any atom is 0.269 e. The lowest BCUT2D eigenvalue weighted by Crippen LogP contribution is -2.51. The van der Waals surface area contributed by atoms with Crippen molar-refractivity contribution in [1.82, 2.24) is 16.2 Å². The summed E-state index contributed by atoms with van der Waals surface area (Å²) in [7, 11) is 0. The van der Waals surface area contributed by atoms with Crippen molar-refractivity contribution in [3.05, 3.63) is 17.7 Å². The highest BCUT2D eigenvalue weighted by atomic mass is 32.1. The quantitative estimate of drug-likeness (QED) is 0.436. The van der Waals surface area contributed by atoms with Crippen molar-refractivity contribution in [3.63, 3.8) is 0 Å². The van der Waals surface area contributed by atoms with Crippen LogP contribution in [0.25, 0.3) is 0 Å². The van der Waals surface area contributed by atoms with Crippen molar-refractivity contribution in [1.29, 1.82) is 0 Å². The molecule has 0 heterocycles. The molecule has 1 aliphatic carbocycles. The first-order chi connectivity index (χ1) is 14.0. The van der Waals surface area contributed by atoms with E-state index in [-0.39, 0.29) is 5.91 Å². The summed E-state index contributed by atoms with van der Waals surface area (Å²) in [4.78, 5) is 12.7. The fraction of sp³-hybridized carbons (Fsp3) is 0.619. The van der Waals surface area contributed by atoms with E-state index in [1.165, 1.54) is 19.3 Å². The smallest absolute Gasteiger partial charge is 0.269 e. The van der Waals surface area contributed by atoms with Gasteiger partial charge in [-0.3, -0.25) is 15.6 Å². The highest BCUT2D eigenvalue weighted by molar-refractivity contribution is 7.80. The van der Waals surface area contributed by atoms with Gasteiger partial charge in [-0.2, -0.15) is 0 Å².